The molecule has 2 atom stereocenters. The van der Waals surface area contributed by atoms with E-state index in [0.717, 1.165) is 42.5 Å². The van der Waals surface area contributed by atoms with E-state index in [-0.39, 0.29) is 35.9 Å². The van der Waals surface area contributed by atoms with Crippen LogP contribution in [-0.2, 0) is 22.2 Å². The first-order valence-corrected chi connectivity index (χ1v) is 13.8. The van der Waals surface area contributed by atoms with Crippen molar-refractivity contribution in [1.82, 2.24) is 15.5 Å². The van der Waals surface area contributed by atoms with Crippen molar-refractivity contribution >= 4 is 18.5 Å². The molecule has 0 spiro atoms. The van der Waals surface area contributed by atoms with E-state index in [4.69, 9.17) is 14.0 Å². The van der Waals surface area contributed by atoms with Crippen LogP contribution in [0.1, 0.15) is 51.7 Å². The Kier molecular flexibility index (Phi) is 7.40. The number of hydrogen-bond acceptors (Lipinski definition) is 6. The van der Waals surface area contributed by atoms with E-state index in [2.05, 4.69) is 92.6 Å². The van der Waals surface area contributed by atoms with E-state index in [1.807, 2.05) is 24.4 Å². The summed E-state index contributed by atoms with van der Waals surface area (Å²) in [7, 11) is 3.87. The highest BCUT2D eigenvalue weighted by atomic mass is 16.7. The largest absolute Gasteiger partial charge is 0.494 e. The monoisotopic (exact) mass is 529 g/mol. The zero-order chi connectivity index (χ0) is 27.8. The van der Waals surface area contributed by atoms with Crippen molar-refractivity contribution in [2.75, 3.05) is 20.7 Å². The van der Waals surface area contributed by atoms with Crippen molar-refractivity contribution in [1.29, 1.82) is 5.26 Å². The zero-order valence-electron chi connectivity index (χ0n) is 24.0. The summed E-state index contributed by atoms with van der Waals surface area (Å²) >= 11 is 0. The molecule has 39 heavy (non-hydrogen) atoms. The highest BCUT2D eigenvalue weighted by Crippen LogP contribution is 2.42. The molecule has 206 valence electrons. The molecule has 2 aromatic rings. The number of aliphatic imine (C=N–C) groups is 1. The number of ether oxygens (including phenoxy) is 1. The number of rotatable bonds is 7. The van der Waals surface area contributed by atoms with Gasteiger partial charge in [0.1, 0.15) is 12.4 Å². The molecule has 9 heteroatoms. The summed E-state index contributed by atoms with van der Waals surface area (Å²) in [6, 6.07) is 16.9. The first-order chi connectivity index (χ1) is 18.5. The Labute approximate surface area is 232 Å². The normalized spacial score (nSPS) is 23.4. The highest BCUT2D eigenvalue weighted by Gasteiger charge is 2.52. The average Bonchev–Trinajstić information content (AvgIpc) is 3.62. The second kappa shape index (κ2) is 10.5. The lowest BCUT2D eigenvalue weighted by molar-refractivity contribution is 0.00578. The molecule has 2 heterocycles. The van der Waals surface area contributed by atoms with Crippen molar-refractivity contribution in [3.63, 3.8) is 0 Å². The second-order valence-electron chi connectivity index (χ2n) is 12.3. The fourth-order valence-electron chi connectivity index (χ4n) is 5.56. The maximum Gasteiger partial charge on any atom is 0.494 e. The van der Waals surface area contributed by atoms with E-state index in [1.165, 1.54) is 5.56 Å². The van der Waals surface area contributed by atoms with E-state index < -0.39 is 0 Å². The number of benzene rings is 2. The number of nitriles is 1. The lowest BCUT2D eigenvalue weighted by Crippen LogP contribution is -2.58. The molecule has 0 bridgehead atoms. The predicted molar refractivity (Wildman–Crippen MR) is 154 cm³/mol. The summed E-state index contributed by atoms with van der Waals surface area (Å²) in [6.45, 7) is 8.82. The Morgan fingerprint density at radius 3 is 2.36 bits per heavy atom. The molecule has 1 aliphatic carbocycles. The van der Waals surface area contributed by atoms with Crippen molar-refractivity contribution in [2.24, 2.45) is 4.99 Å². The van der Waals surface area contributed by atoms with E-state index in [9.17, 15) is 5.26 Å². The smallest absolute Gasteiger partial charge is 0.491 e. The molecule has 2 aliphatic heterocycles. The van der Waals surface area contributed by atoms with Crippen LogP contribution >= 0.6 is 0 Å². The Morgan fingerprint density at radius 1 is 1.08 bits per heavy atom. The van der Waals surface area contributed by atoms with Crippen LogP contribution in [0.3, 0.4) is 0 Å². The Bertz CT molecular complexity index is 1230. The molecule has 1 saturated carbocycles. The minimum atomic E-state index is -0.364. The van der Waals surface area contributed by atoms with Gasteiger partial charge in [0.05, 0.1) is 22.8 Å². The van der Waals surface area contributed by atoms with Gasteiger partial charge in [0, 0.05) is 6.04 Å². The van der Waals surface area contributed by atoms with Crippen molar-refractivity contribution < 1.29 is 14.0 Å². The minimum absolute atomic E-state index is 0.0376. The molecular formula is C30H40BN5O3. The topological polar surface area (TPSA) is 91.1 Å². The molecule has 1 unspecified atom stereocenters. The van der Waals surface area contributed by atoms with Crippen LogP contribution in [0.15, 0.2) is 53.5 Å². The molecule has 8 nitrogen and oxygen atoms in total. The van der Waals surface area contributed by atoms with Gasteiger partial charge < -0.3 is 29.6 Å². The van der Waals surface area contributed by atoms with Gasteiger partial charge in [-0.1, -0.05) is 42.5 Å². The fourth-order valence-corrected chi connectivity index (χ4v) is 5.56. The van der Waals surface area contributed by atoms with Crippen LogP contribution in [-0.4, -0.2) is 67.5 Å². The van der Waals surface area contributed by atoms with Crippen molar-refractivity contribution in [2.45, 2.75) is 82.2 Å². The van der Waals surface area contributed by atoms with Gasteiger partial charge in [-0.05, 0) is 90.1 Å². The SMILES string of the molecule is CN(C)[C@@H](Cc1ccc(B2OC(C)(C)C(C)(C)O2)cc1)C1(NC(=NC#N)NC2COc3ccccc3C2)CC1. The summed E-state index contributed by atoms with van der Waals surface area (Å²) < 4.78 is 18.4. The van der Waals surface area contributed by atoms with Gasteiger partial charge in [0.2, 0.25) is 12.2 Å². The quantitative estimate of drug-likeness (QED) is 0.247. The lowest BCUT2D eigenvalue weighted by Gasteiger charge is -2.35. The summed E-state index contributed by atoms with van der Waals surface area (Å²) in [5.41, 5.74) is 2.55. The number of fused-ring (bicyclic) bond motifs is 1. The van der Waals surface area contributed by atoms with Gasteiger partial charge in [0.25, 0.3) is 0 Å². The Balaban J connectivity index is 1.25. The number of hydrogen-bond donors (Lipinski definition) is 2. The molecule has 1 saturated heterocycles. The zero-order valence-corrected chi connectivity index (χ0v) is 24.0. The van der Waals surface area contributed by atoms with Crippen molar-refractivity contribution in [3.05, 3.63) is 59.7 Å². The predicted octanol–water partition coefficient (Wildman–Crippen LogP) is 3.01. The molecule has 0 aromatic heterocycles. The van der Waals surface area contributed by atoms with Gasteiger partial charge in [-0.15, -0.1) is 4.99 Å². The first-order valence-electron chi connectivity index (χ1n) is 13.8. The van der Waals surface area contributed by atoms with E-state index in [1.54, 1.807) is 0 Å². The van der Waals surface area contributed by atoms with Crippen LogP contribution in [0.5, 0.6) is 5.75 Å². The van der Waals surface area contributed by atoms with Crippen LogP contribution in [0.4, 0.5) is 0 Å². The standard InChI is InChI=1S/C30H40BN5O3/c1-28(2)29(3,4)39-31(38-28)23-13-11-21(12-14-23)17-26(36(5)6)30(15-16-30)35-27(33-20-32)34-24-18-22-9-7-8-10-25(22)37-19-24/h7-14,24,26H,15-19H2,1-6H3,(H2,33,34,35)/t24?,26-/m0/s1. The van der Waals surface area contributed by atoms with Crippen LogP contribution < -0.4 is 20.8 Å². The third-order valence-corrected chi connectivity index (χ3v) is 8.73. The average molecular weight is 529 g/mol. The Morgan fingerprint density at radius 2 is 1.74 bits per heavy atom. The maximum absolute atomic E-state index is 9.43. The van der Waals surface area contributed by atoms with Crippen LogP contribution in [0.2, 0.25) is 0 Å². The maximum atomic E-state index is 9.43. The van der Waals surface area contributed by atoms with Gasteiger partial charge in [-0.2, -0.15) is 5.26 Å². The fraction of sp³-hybridized carbons (Fsp3) is 0.533. The molecular weight excluding hydrogens is 489 g/mol. The molecule has 0 radical (unpaired) electrons. The van der Waals surface area contributed by atoms with Gasteiger partial charge in [-0.25, -0.2) is 0 Å². The summed E-state index contributed by atoms with van der Waals surface area (Å²) in [4.78, 5) is 6.40. The highest BCUT2D eigenvalue weighted by molar-refractivity contribution is 6.62. The number of nitrogens with one attached hydrogen (secondary N) is 2. The number of guanidine groups is 1. The molecule has 2 fully saturated rings. The lowest BCUT2D eigenvalue weighted by atomic mass is 9.78. The van der Waals surface area contributed by atoms with Gasteiger partial charge in [-0.3, -0.25) is 0 Å². The van der Waals surface area contributed by atoms with E-state index >= 15 is 0 Å². The summed E-state index contributed by atoms with van der Waals surface area (Å²) in [6.07, 6.45) is 5.68. The third-order valence-electron chi connectivity index (χ3n) is 8.73. The summed E-state index contributed by atoms with van der Waals surface area (Å²) in [5, 5.41) is 16.5. The van der Waals surface area contributed by atoms with E-state index in [0.29, 0.717) is 12.6 Å². The first kappa shape index (κ1) is 27.5. The van der Waals surface area contributed by atoms with Crippen LogP contribution in [0.25, 0.3) is 0 Å². The molecule has 0 amide bonds. The molecule has 2 N–H and O–H groups in total. The number of likely N-dealkylation sites (N-methyl/N-ethyl adjacent to an activating group) is 1. The van der Waals surface area contributed by atoms with Gasteiger partial charge in [0.15, 0.2) is 0 Å². The summed E-state index contributed by atoms with van der Waals surface area (Å²) in [5.74, 6) is 1.45. The third kappa shape index (κ3) is 5.79. The molecule has 2 aromatic carbocycles. The minimum Gasteiger partial charge on any atom is -0.491 e. The molecule has 5 rings (SSSR count). The Hall–Kier alpha value is -3.06. The number of nitrogens with zero attached hydrogens (tertiary/aromatic N) is 3. The molecule has 3 aliphatic rings. The second-order valence-corrected chi connectivity index (χ2v) is 12.3. The van der Waals surface area contributed by atoms with Crippen molar-refractivity contribution in [3.8, 4) is 11.9 Å². The van der Waals surface area contributed by atoms with Crippen LogP contribution in [0, 0.1) is 11.5 Å². The van der Waals surface area contributed by atoms with Gasteiger partial charge >= 0.3 is 7.12 Å². The number of para-hydroxylation sites is 1.